The summed E-state index contributed by atoms with van der Waals surface area (Å²) in [5.74, 6) is 0.784. The molecular weight excluding hydrogens is 152 g/mol. The topological polar surface area (TPSA) is 49.8 Å². The van der Waals surface area contributed by atoms with Crippen LogP contribution in [0.5, 0.6) is 0 Å². The molecule has 1 aliphatic rings. The number of hydrogen-bond donors (Lipinski definition) is 0. The highest BCUT2D eigenvalue weighted by atomic mass is 16.5. The highest BCUT2D eigenvalue weighted by Gasteiger charge is 2.18. The maximum atomic E-state index is 8.50. The smallest absolute Gasteiger partial charge is 0.154 e. The van der Waals surface area contributed by atoms with Gasteiger partial charge in [-0.15, -0.1) is 0 Å². The summed E-state index contributed by atoms with van der Waals surface area (Å²) < 4.78 is 5.09. The second kappa shape index (κ2) is 2.98. The predicted molar refractivity (Wildman–Crippen MR) is 42.5 cm³/mol. The van der Waals surface area contributed by atoms with Crippen LogP contribution in [0.15, 0.2) is 4.52 Å². The van der Waals surface area contributed by atoms with Crippen molar-refractivity contribution in [3.05, 3.63) is 17.0 Å². The van der Waals surface area contributed by atoms with Crippen LogP contribution in [0.4, 0.5) is 0 Å². The molecule has 3 nitrogen and oxygen atoms in total. The van der Waals surface area contributed by atoms with Gasteiger partial charge in [0.25, 0.3) is 0 Å². The molecule has 3 heteroatoms. The summed E-state index contributed by atoms with van der Waals surface area (Å²) in [5.41, 5.74) is 2.27. The molecule has 0 fully saturated rings. The molecule has 1 aromatic rings. The first-order valence-electron chi connectivity index (χ1n) is 4.25. The van der Waals surface area contributed by atoms with Crippen molar-refractivity contribution in [2.45, 2.75) is 32.1 Å². The van der Waals surface area contributed by atoms with E-state index in [9.17, 15) is 0 Å². The van der Waals surface area contributed by atoms with Crippen LogP contribution in [0, 0.1) is 11.3 Å². The Balaban J connectivity index is 2.33. The molecule has 1 aliphatic carbocycles. The summed E-state index contributed by atoms with van der Waals surface area (Å²) in [6.07, 6.45) is 4.82. The second-order valence-electron chi connectivity index (χ2n) is 3.07. The van der Waals surface area contributed by atoms with Crippen molar-refractivity contribution in [1.82, 2.24) is 5.16 Å². The van der Waals surface area contributed by atoms with Gasteiger partial charge in [-0.25, -0.2) is 0 Å². The Labute approximate surface area is 71.0 Å². The van der Waals surface area contributed by atoms with Crippen molar-refractivity contribution in [3.8, 4) is 6.07 Å². The number of aryl methyl sites for hydroxylation is 1. The van der Waals surface area contributed by atoms with E-state index in [0.29, 0.717) is 6.42 Å². The van der Waals surface area contributed by atoms with Gasteiger partial charge in [0.15, 0.2) is 5.76 Å². The van der Waals surface area contributed by atoms with E-state index in [-0.39, 0.29) is 0 Å². The van der Waals surface area contributed by atoms with Gasteiger partial charge in [-0.05, 0) is 25.7 Å². The number of rotatable bonds is 1. The fraction of sp³-hybridized carbons (Fsp3) is 0.556. The summed E-state index contributed by atoms with van der Waals surface area (Å²) in [7, 11) is 0. The van der Waals surface area contributed by atoms with E-state index < -0.39 is 0 Å². The van der Waals surface area contributed by atoms with Crippen LogP contribution in [0.2, 0.25) is 0 Å². The Hall–Kier alpha value is -1.30. The van der Waals surface area contributed by atoms with Crippen molar-refractivity contribution >= 4 is 0 Å². The molecule has 0 aliphatic heterocycles. The Morgan fingerprint density at radius 2 is 2.25 bits per heavy atom. The lowest BCUT2D eigenvalue weighted by molar-refractivity contribution is 0.384. The lowest BCUT2D eigenvalue weighted by atomic mass is 9.95. The van der Waals surface area contributed by atoms with Crippen molar-refractivity contribution in [1.29, 1.82) is 5.26 Å². The van der Waals surface area contributed by atoms with E-state index in [4.69, 9.17) is 9.78 Å². The first-order chi connectivity index (χ1) is 5.92. The van der Waals surface area contributed by atoms with Crippen LogP contribution in [-0.4, -0.2) is 5.16 Å². The van der Waals surface area contributed by atoms with Crippen LogP contribution in [-0.2, 0) is 19.3 Å². The van der Waals surface area contributed by atoms with Gasteiger partial charge in [0.2, 0.25) is 0 Å². The van der Waals surface area contributed by atoms with E-state index in [1.807, 2.05) is 0 Å². The van der Waals surface area contributed by atoms with Gasteiger partial charge in [0, 0.05) is 5.56 Å². The van der Waals surface area contributed by atoms with Crippen molar-refractivity contribution in [2.75, 3.05) is 0 Å². The van der Waals surface area contributed by atoms with Crippen molar-refractivity contribution in [2.24, 2.45) is 0 Å². The van der Waals surface area contributed by atoms with E-state index in [1.165, 1.54) is 18.4 Å². The molecule has 0 amide bonds. The number of nitriles is 1. The zero-order chi connectivity index (χ0) is 8.39. The summed E-state index contributed by atoms with van der Waals surface area (Å²) in [4.78, 5) is 0. The highest BCUT2D eigenvalue weighted by molar-refractivity contribution is 5.26. The third-order valence-corrected chi connectivity index (χ3v) is 2.28. The Kier molecular flexibility index (Phi) is 1.83. The molecule has 0 aromatic carbocycles. The molecule has 0 radical (unpaired) electrons. The van der Waals surface area contributed by atoms with Gasteiger partial charge in [-0.3, -0.25) is 0 Å². The fourth-order valence-corrected chi connectivity index (χ4v) is 1.67. The summed E-state index contributed by atoms with van der Waals surface area (Å²) >= 11 is 0. The quantitative estimate of drug-likeness (QED) is 0.630. The largest absolute Gasteiger partial charge is 0.360 e. The van der Waals surface area contributed by atoms with E-state index in [2.05, 4.69) is 11.2 Å². The van der Waals surface area contributed by atoms with Crippen LogP contribution in [0.1, 0.15) is 29.9 Å². The molecule has 0 atom stereocenters. The van der Waals surface area contributed by atoms with Crippen molar-refractivity contribution < 1.29 is 4.52 Å². The molecule has 0 spiro atoms. The van der Waals surface area contributed by atoms with Gasteiger partial charge in [0.05, 0.1) is 18.2 Å². The molecule has 0 unspecified atom stereocenters. The lowest BCUT2D eigenvalue weighted by Crippen LogP contribution is -2.02. The minimum Gasteiger partial charge on any atom is -0.360 e. The molecule has 0 saturated carbocycles. The molecule has 1 heterocycles. The molecule has 1 aromatic heterocycles. The van der Waals surface area contributed by atoms with Gasteiger partial charge in [-0.1, -0.05) is 5.16 Å². The van der Waals surface area contributed by atoms with E-state index in [0.717, 1.165) is 24.3 Å². The third kappa shape index (κ3) is 1.10. The van der Waals surface area contributed by atoms with E-state index >= 15 is 0 Å². The van der Waals surface area contributed by atoms with Gasteiger partial charge >= 0.3 is 0 Å². The zero-order valence-electron chi connectivity index (χ0n) is 6.84. The maximum Gasteiger partial charge on any atom is 0.154 e. The Morgan fingerprint density at radius 1 is 1.42 bits per heavy atom. The lowest BCUT2D eigenvalue weighted by Gasteiger charge is -2.07. The van der Waals surface area contributed by atoms with Gasteiger partial charge in [0.1, 0.15) is 0 Å². The van der Waals surface area contributed by atoms with Crippen LogP contribution >= 0.6 is 0 Å². The minimum atomic E-state index is 0.363. The number of fused-ring (bicyclic) bond motifs is 1. The van der Waals surface area contributed by atoms with Crippen LogP contribution in [0.3, 0.4) is 0 Å². The summed E-state index contributed by atoms with van der Waals surface area (Å²) in [6, 6.07) is 2.09. The molecular formula is C9H10N2O. The number of nitrogens with zero attached hydrogens (tertiary/aromatic N) is 2. The summed E-state index contributed by atoms with van der Waals surface area (Å²) in [6.45, 7) is 0. The van der Waals surface area contributed by atoms with Crippen LogP contribution < -0.4 is 0 Å². The average molecular weight is 162 g/mol. The SMILES string of the molecule is N#CCc1onc2c1CCCC2. The summed E-state index contributed by atoms with van der Waals surface area (Å²) in [5, 5.41) is 12.5. The second-order valence-corrected chi connectivity index (χ2v) is 3.07. The number of hydrogen-bond acceptors (Lipinski definition) is 3. The van der Waals surface area contributed by atoms with E-state index in [1.54, 1.807) is 0 Å². The standard InChI is InChI=1S/C9H10N2O/c10-6-5-9-7-3-1-2-4-8(7)11-12-9/h1-5H2. The first kappa shape index (κ1) is 7.35. The molecule has 0 N–H and O–H groups in total. The monoisotopic (exact) mass is 162 g/mol. The molecule has 0 saturated heterocycles. The van der Waals surface area contributed by atoms with Crippen molar-refractivity contribution in [3.63, 3.8) is 0 Å². The molecule has 0 bridgehead atoms. The highest BCUT2D eigenvalue weighted by Crippen LogP contribution is 2.23. The van der Waals surface area contributed by atoms with Gasteiger partial charge < -0.3 is 4.52 Å². The number of aromatic nitrogens is 1. The normalized spacial score (nSPS) is 15.2. The minimum absolute atomic E-state index is 0.363. The molecule has 12 heavy (non-hydrogen) atoms. The Bertz CT molecular complexity index is 322. The average Bonchev–Trinajstić information content (AvgIpc) is 2.50. The third-order valence-electron chi connectivity index (χ3n) is 2.28. The predicted octanol–water partition coefficient (Wildman–Crippen LogP) is 1.62. The van der Waals surface area contributed by atoms with Gasteiger partial charge in [-0.2, -0.15) is 5.26 Å². The fourth-order valence-electron chi connectivity index (χ4n) is 1.67. The van der Waals surface area contributed by atoms with Crippen LogP contribution in [0.25, 0.3) is 0 Å². The first-order valence-corrected chi connectivity index (χ1v) is 4.25. The Morgan fingerprint density at radius 3 is 3.08 bits per heavy atom. The molecule has 2 rings (SSSR count). The zero-order valence-corrected chi connectivity index (χ0v) is 6.84. The molecule has 62 valence electrons. The maximum absolute atomic E-state index is 8.50.